The molecule has 4 aliphatic carbocycles. The van der Waals surface area contributed by atoms with Crippen LogP contribution in [-0.4, -0.2) is 22.9 Å². The maximum atomic E-state index is 10.5. The van der Waals surface area contributed by atoms with Gasteiger partial charge in [0, 0.05) is 6.61 Å². The average Bonchev–Trinajstić information content (AvgIpc) is 3.06. The van der Waals surface area contributed by atoms with Gasteiger partial charge in [-0.25, -0.2) is 0 Å². The highest BCUT2D eigenvalue weighted by atomic mass is 16.3. The molecule has 0 spiro atoms. The number of hydrogen-bond donors (Lipinski definition) is 2. The van der Waals surface area contributed by atoms with Crippen LogP contribution in [0.15, 0.2) is 11.6 Å². The van der Waals surface area contributed by atoms with Crippen LogP contribution in [-0.2, 0) is 0 Å². The van der Waals surface area contributed by atoms with Gasteiger partial charge in [-0.15, -0.1) is 0 Å². The summed E-state index contributed by atoms with van der Waals surface area (Å²) < 4.78 is 0. The molecule has 178 valence electrons. The van der Waals surface area contributed by atoms with Gasteiger partial charge >= 0.3 is 0 Å². The summed E-state index contributed by atoms with van der Waals surface area (Å²) in [6.45, 7) is 12.7. The summed E-state index contributed by atoms with van der Waals surface area (Å²) in [4.78, 5) is 0. The minimum Gasteiger partial charge on any atom is -0.396 e. The summed E-state index contributed by atoms with van der Waals surface area (Å²) in [7, 11) is 0. The molecule has 0 aromatic rings. The van der Waals surface area contributed by atoms with Crippen molar-refractivity contribution in [1.82, 2.24) is 0 Å². The van der Waals surface area contributed by atoms with Gasteiger partial charge in [0.2, 0.25) is 0 Å². The molecule has 2 nitrogen and oxygen atoms in total. The van der Waals surface area contributed by atoms with Crippen molar-refractivity contribution < 1.29 is 10.2 Å². The van der Waals surface area contributed by atoms with Gasteiger partial charge in [0.25, 0.3) is 0 Å². The minimum atomic E-state index is -0.205. The van der Waals surface area contributed by atoms with E-state index in [1.54, 1.807) is 0 Å². The highest BCUT2D eigenvalue weighted by Gasteiger charge is 2.60. The third-order valence-corrected chi connectivity index (χ3v) is 11.1. The smallest absolute Gasteiger partial charge is 0.0580 e. The predicted molar refractivity (Wildman–Crippen MR) is 130 cm³/mol. The molecule has 9 atom stereocenters. The molecule has 3 fully saturated rings. The second kappa shape index (κ2) is 9.13. The summed E-state index contributed by atoms with van der Waals surface area (Å²) in [5.74, 6) is 5.49. The Bertz CT molecular complexity index is 653. The topological polar surface area (TPSA) is 40.5 Å². The van der Waals surface area contributed by atoms with E-state index in [1.165, 1.54) is 56.9 Å². The molecule has 2 heteroatoms. The Morgan fingerprint density at radius 3 is 2.55 bits per heavy atom. The van der Waals surface area contributed by atoms with Gasteiger partial charge in [-0.3, -0.25) is 0 Å². The number of aliphatic hydroxyl groups is 2. The van der Waals surface area contributed by atoms with Crippen LogP contribution in [0, 0.1) is 52.3 Å². The van der Waals surface area contributed by atoms with Gasteiger partial charge in [0.05, 0.1) is 6.10 Å². The third-order valence-electron chi connectivity index (χ3n) is 11.1. The fourth-order valence-electron chi connectivity index (χ4n) is 9.47. The van der Waals surface area contributed by atoms with Crippen LogP contribution in [0.25, 0.3) is 0 Å². The second-order valence-electron chi connectivity index (χ2n) is 13.0. The number of fused-ring (bicyclic) bond motifs is 5. The summed E-state index contributed by atoms with van der Waals surface area (Å²) in [6, 6.07) is 0. The molecule has 1 unspecified atom stereocenters. The molecule has 4 aliphatic rings. The highest BCUT2D eigenvalue weighted by molar-refractivity contribution is 5.27. The quantitative estimate of drug-likeness (QED) is 0.427. The van der Waals surface area contributed by atoms with Crippen molar-refractivity contribution in [3.05, 3.63) is 11.6 Å². The van der Waals surface area contributed by atoms with Crippen LogP contribution >= 0.6 is 0 Å². The van der Waals surface area contributed by atoms with Gasteiger partial charge < -0.3 is 10.2 Å². The Hall–Kier alpha value is -0.340. The van der Waals surface area contributed by atoms with E-state index in [-0.39, 0.29) is 18.1 Å². The van der Waals surface area contributed by atoms with Gasteiger partial charge in [-0.05, 0) is 104 Å². The summed E-state index contributed by atoms with van der Waals surface area (Å²) >= 11 is 0. The summed E-state index contributed by atoms with van der Waals surface area (Å²) in [5.41, 5.74) is 2.26. The van der Waals surface area contributed by atoms with Crippen molar-refractivity contribution >= 4 is 0 Å². The van der Waals surface area contributed by atoms with Gasteiger partial charge in [-0.1, -0.05) is 65.5 Å². The van der Waals surface area contributed by atoms with E-state index in [0.717, 1.165) is 54.8 Å². The number of allylic oxidation sites excluding steroid dienone is 1. The fraction of sp³-hybridized carbons (Fsp3) is 0.931. The van der Waals surface area contributed by atoms with E-state index >= 15 is 0 Å². The van der Waals surface area contributed by atoms with Crippen molar-refractivity contribution in [2.75, 3.05) is 6.61 Å². The zero-order valence-electron chi connectivity index (χ0n) is 21.1. The number of rotatable bonds is 7. The van der Waals surface area contributed by atoms with Gasteiger partial charge in [0.15, 0.2) is 0 Å². The molecule has 0 saturated heterocycles. The summed E-state index contributed by atoms with van der Waals surface area (Å²) in [5, 5.41) is 20.3. The van der Waals surface area contributed by atoms with Crippen molar-refractivity contribution in [2.45, 2.75) is 111 Å². The van der Waals surface area contributed by atoms with Crippen LogP contribution in [0.3, 0.4) is 0 Å². The Balaban J connectivity index is 1.54. The second-order valence-corrected chi connectivity index (χ2v) is 13.0. The van der Waals surface area contributed by atoms with E-state index in [0.29, 0.717) is 11.3 Å². The molecule has 0 aromatic heterocycles. The standard InChI is InChI=1S/C29H50O2/c1-19(2)7-6-8-20(3)25-11-12-26-24-10-9-21-17-23(31)18-22(14-16-30)29(21,5)27(24)13-15-28(25,26)4/h9,19-20,22-27,30-31H,6-8,10-18H2,1-5H3/t20-,22?,23-,24+,25-,26+,27+,28-,29-/m1/s1. The molecule has 4 rings (SSSR count). The molecule has 0 radical (unpaired) electrons. The maximum absolute atomic E-state index is 10.5. The molecular weight excluding hydrogens is 380 g/mol. The number of aliphatic hydroxyl groups excluding tert-OH is 2. The van der Waals surface area contributed by atoms with E-state index in [9.17, 15) is 10.2 Å². The summed E-state index contributed by atoms with van der Waals surface area (Å²) in [6.07, 6.45) is 16.0. The molecule has 0 aliphatic heterocycles. The first-order valence-corrected chi connectivity index (χ1v) is 13.7. The van der Waals surface area contributed by atoms with Crippen molar-refractivity contribution in [1.29, 1.82) is 0 Å². The maximum Gasteiger partial charge on any atom is 0.0580 e. The molecule has 3 saturated carbocycles. The third kappa shape index (κ3) is 4.07. The molecule has 0 amide bonds. The van der Waals surface area contributed by atoms with Crippen molar-refractivity contribution in [3.8, 4) is 0 Å². The zero-order valence-corrected chi connectivity index (χ0v) is 21.1. The van der Waals surface area contributed by atoms with Crippen molar-refractivity contribution in [2.24, 2.45) is 52.3 Å². The van der Waals surface area contributed by atoms with E-state index in [2.05, 4.69) is 40.7 Å². The average molecular weight is 431 g/mol. The van der Waals surface area contributed by atoms with E-state index < -0.39 is 0 Å². The first-order chi connectivity index (χ1) is 14.7. The fourth-order valence-corrected chi connectivity index (χ4v) is 9.47. The molecule has 0 heterocycles. The lowest BCUT2D eigenvalue weighted by Gasteiger charge is -2.60. The van der Waals surface area contributed by atoms with Crippen LogP contribution in [0.1, 0.15) is 105 Å². The first-order valence-electron chi connectivity index (χ1n) is 13.7. The van der Waals surface area contributed by atoms with Crippen LogP contribution in [0.5, 0.6) is 0 Å². The SMILES string of the molecule is CC(C)CCC[C@@H](C)[C@H]1CC[C@H]2[C@@H]3CC=C4C[C@@H](O)CC(CCO)[C@]4(C)[C@H]3CC[C@]12C. The predicted octanol–water partition coefficient (Wildman–Crippen LogP) is 7.00. The lowest BCUT2D eigenvalue weighted by Crippen LogP contribution is -2.54. The van der Waals surface area contributed by atoms with Crippen LogP contribution in [0.4, 0.5) is 0 Å². The Morgan fingerprint density at radius 2 is 1.84 bits per heavy atom. The van der Waals surface area contributed by atoms with E-state index in [1.807, 2.05) is 0 Å². The highest BCUT2D eigenvalue weighted by Crippen LogP contribution is 2.68. The lowest BCUT2D eigenvalue weighted by molar-refractivity contribution is -0.0826. The number of hydrogen-bond acceptors (Lipinski definition) is 2. The van der Waals surface area contributed by atoms with E-state index in [4.69, 9.17) is 0 Å². The van der Waals surface area contributed by atoms with Gasteiger partial charge in [0.1, 0.15) is 0 Å². The molecule has 2 N–H and O–H groups in total. The molecule has 31 heavy (non-hydrogen) atoms. The normalized spacial score (nSPS) is 45.6. The largest absolute Gasteiger partial charge is 0.396 e. The Labute approximate surface area is 192 Å². The Kier molecular flexibility index (Phi) is 7.01. The van der Waals surface area contributed by atoms with Crippen molar-refractivity contribution in [3.63, 3.8) is 0 Å². The molecule has 0 aromatic carbocycles. The molecule has 0 bridgehead atoms. The van der Waals surface area contributed by atoms with Gasteiger partial charge in [-0.2, -0.15) is 0 Å². The van der Waals surface area contributed by atoms with Crippen LogP contribution < -0.4 is 0 Å². The zero-order chi connectivity index (χ0) is 22.4. The first kappa shape index (κ1) is 23.8. The molecular formula is C29H50O2. The minimum absolute atomic E-state index is 0.202. The van der Waals surface area contributed by atoms with Crippen LogP contribution in [0.2, 0.25) is 0 Å². The lowest BCUT2D eigenvalue weighted by atomic mass is 9.44. The monoisotopic (exact) mass is 430 g/mol. The Morgan fingerprint density at radius 1 is 1.06 bits per heavy atom.